The van der Waals surface area contributed by atoms with E-state index < -0.39 is 0 Å². The van der Waals surface area contributed by atoms with Crippen LogP contribution in [0, 0.1) is 19.8 Å². The van der Waals surface area contributed by atoms with Gasteiger partial charge in [0.05, 0.1) is 0 Å². The van der Waals surface area contributed by atoms with Gasteiger partial charge in [-0.2, -0.15) is 0 Å². The van der Waals surface area contributed by atoms with Crippen LogP contribution in [-0.2, 0) is 0 Å². The first-order valence-electron chi connectivity index (χ1n) is 12.0. The number of nitrogens with one attached hydrogen (secondary N) is 1. The molecule has 1 nitrogen and oxygen atoms in total. The van der Waals surface area contributed by atoms with E-state index in [1.165, 1.54) is 64.8 Å². The average molecular weight is 422 g/mol. The van der Waals surface area contributed by atoms with Gasteiger partial charge in [-0.15, -0.1) is 0 Å². The minimum atomic E-state index is 0.627. The normalized spacial score (nSPS) is 18.5. The summed E-state index contributed by atoms with van der Waals surface area (Å²) in [7, 11) is 0. The van der Waals surface area contributed by atoms with Crippen molar-refractivity contribution in [2.24, 2.45) is 5.92 Å². The molecule has 32 heavy (non-hydrogen) atoms. The predicted octanol–water partition coefficient (Wildman–Crippen LogP) is 8.44. The van der Waals surface area contributed by atoms with Crippen LogP contribution < -0.4 is 5.32 Å². The summed E-state index contributed by atoms with van der Waals surface area (Å²) in [4.78, 5) is 0. The molecule has 0 heterocycles. The molecule has 164 valence electrons. The van der Waals surface area contributed by atoms with Crippen molar-refractivity contribution in [3.05, 3.63) is 113 Å². The molecule has 0 radical (unpaired) electrons. The maximum atomic E-state index is 3.72. The van der Waals surface area contributed by atoms with Crippen LogP contribution in [0.2, 0.25) is 0 Å². The third-order valence-corrected chi connectivity index (χ3v) is 6.57. The summed E-state index contributed by atoms with van der Waals surface area (Å²) in [6.45, 7) is 6.63. The Kier molecular flexibility index (Phi) is 7.27. The molecule has 1 fully saturated rings. The minimum Gasteiger partial charge on any atom is -0.382 e. The zero-order valence-corrected chi connectivity index (χ0v) is 19.6. The molecule has 1 N–H and O–H groups in total. The van der Waals surface area contributed by atoms with E-state index in [1.807, 2.05) is 0 Å². The fourth-order valence-corrected chi connectivity index (χ4v) is 4.41. The van der Waals surface area contributed by atoms with E-state index in [-0.39, 0.29) is 0 Å². The van der Waals surface area contributed by atoms with Gasteiger partial charge in [-0.25, -0.2) is 0 Å². The zero-order chi connectivity index (χ0) is 22.3. The predicted molar refractivity (Wildman–Crippen MR) is 140 cm³/mol. The summed E-state index contributed by atoms with van der Waals surface area (Å²) in [5.41, 5.74) is 8.74. The highest BCUT2D eigenvalue weighted by molar-refractivity contribution is 5.81. The molecule has 0 aliphatic heterocycles. The van der Waals surface area contributed by atoms with Crippen molar-refractivity contribution in [2.45, 2.75) is 52.5 Å². The van der Waals surface area contributed by atoms with Crippen molar-refractivity contribution < 1.29 is 0 Å². The van der Waals surface area contributed by atoms with Crippen molar-refractivity contribution in [3.63, 3.8) is 0 Å². The third-order valence-electron chi connectivity index (χ3n) is 6.57. The number of allylic oxidation sites excluding steroid dienone is 2. The van der Waals surface area contributed by atoms with E-state index in [0.29, 0.717) is 6.04 Å². The number of hydrogen-bond donors (Lipinski definition) is 1. The Bertz CT molecular complexity index is 997. The Morgan fingerprint density at radius 1 is 0.719 bits per heavy atom. The van der Waals surface area contributed by atoms with Gasteiger partial charge in [-0.1, -0.05) is 96.9 Å². The van der Waals surface area contributed by atoms with E-state index >= 15 is 0 Å². The van der Waals surface area contributed by atoms with Crippen molar-refractivity contribution in [3.8, 4) is 0 Å². The quantitative estimate of drug-likeness (QED) is 0.394. The summed E-state index contributed by atoms with van der Waals surface area (Å²) < 4.78 is 0. The van der Waals surface area contributed by atoms with E-state index in [9.17, 15) is 0 Å². The smallest absolute Gasteiger partial charge is 0.0342 e. The van der Waals surface area contributed by atoms with Crippen LogP contribution in [0.4, 0.5) is 5.69 Å². The maximum Gasteiger partial charge on any atom is 0.0342 e. The van der Waals surface area contributed by atoms with Gasteiger partial charge in [0.2, 0.25) is 0 Å². The van der Waals surface area contributed by atoms with Gasteiger partial charge >= 0.3 is 0 Å². The summed E-state index contributed by atoms with van der Waals surface area (Å²) >= 11 is 0. The van der Waals surface area contributed by atoms with Crippen LogP contribution in [0.5, 0.6) is 0 Å². The van der Waals surface area contributed by atoms with Crippen LogP contribution in [0.1, 0.15) is 60.4 Å². The lowest BCUT2D eigenvalue weighted by atomic mass is 9.87. The maximum absolute atomic E-state index is 3.72. The van der Waals surface area contributed by atoms with Gasteiger partial charge in [0.15, 0.2) is 0 Å². The summed E-state index contributed by atoms with van der Waals surface area (Å²) in [6.07, 6.45) is 11.8. The first-order valence-corrected chi connectivity index (χ1v) is 12.0. The standard InChI is InChI=1S/C31H35N/c1-23-7-15-27(16-8-23)31(28-17-9-24(2)10-18-28)6-4-5-26-13-21-30(22-14-26)32-29-19-11-25(3)12-20-29/h4-10,13-18,21-22,25,29,32H,11-12,19-20H2,1-3H3. The lowest BCUT2D eigenvalue weighted by molar-refractivity contribution is 0.361. The second-order valence-electron chi connectivity index (χ2n) is 9.39. The van der Waals surface area contributed by atoms with Crippen LogP contribution >= 0.6 is 0 Å². The van der Waals surface area contributed by atoms with Crippen molar-refractivity contribution in [1.82, 2.24) is 0 Å². The van der Waals surface area contributed by atoms with E-state index in [1.54, 1.807) is 0 Å². The average Bonchev–Trinajstić information content (AvgIpc) is 2.81. The second kappa shape index (κ2) is 10.5. The molecule has 3 aromatic rings. The van der Waals surface area contributed by atoms with Crippen molar-refractivity contribution in [2.75, 3.05) is 5.32 Å². The number of aryl methyl sites for hydroxylation is 2. The van der Waals surface area contributed by atoms with Gasteiger partial charge in [0.25, 0.3) is 0 Å². The molecule has 0 amide bonds. The fraction of sp³-hybridized carbons (Fsp3) is 0.290. The fourth-order valence-electron chi connectivity index (χ4n) is 4.41. The Morgan fingerprint density at radius 3 is 1.78 bits per heavy atom. The van der Waals surface area contributed by atoms with Crippen LogP contribution in [0.25, 0.3) is 11.6 Å². The van der Waals surface area contributed by atoms with Crippen molar-refractivity contribution >= 4 is 17.3 Å². The Hall–Kier alpha value is -3.06. The SMILES string of the molecule is Cc1ccc(C(=CC=Cc2ccc(NC3CCC(C)CC3)cc2)c2ccc(C)cc2)cc1. The monoisotopic (exact) mass is 421 g/mol. The van der Waals surface area contributed by atoms with Gasteiger partial charge < -0.3 is 5.32 Å². The van der Waals surface area contributed by atoms with Crippen LogP contribution in [0.15, 0.2) is 84.9 Å². The van der Waals surface area contributed by atoms with Crippen LogP contribution in [-0.4, -0.2) is 6.04 Å². The molecule has 4 rings (SSSR count). The topological polar surface area (TPSA) is 12.0 Å². The highest BCUT2D eigenvalue weighted by Crippen LogP contribution is 2.27. The zero-order valence-electron chi connectivity index (χ0n) is 19.6. The van der Waals surface area contributed by atoms with Gasteiger partial charge in [0, 0.05) is 11.7 Å². The van der Waals surface area contributed by atoms with E-state index in [2.05, 4.69) is 117 Å². The molecule has 0 unspecified atom stereocenters. The molecule has 0 saturated heterocycles. The minimum absolute atomic E-state index is 0.627. The molecule has 0 atom stereocenters. The first-order chi connectivity index (χ1) is 15.6. The van der Waals surface area contributed by atoms with E-state index in [4.69, 9.17) is 0 Å². The summed E-state index contributed by atoms with van der Waals surface area (Å²) in [6, 6.07) is 27.0. The third kappa shape index (κ3) is 6.01. The molecule has 1 heteroatoms. The summed E-state index contributed by atoms with van der Waals surface area (Å²) in [5, 5.41) is 3.72. The first kappa shape index (κ1) is 22.1. The van der Waals surface area contributed by atoms with Gasteiger partial charge in [-0.3, -0.25) is 0 Å². The second-order valence-corrected chi connectivity index (χ2v) is 9.39. The van der Waals surface area contributed by atoms with Gasteiger partial charge in [0.1, 0.15) is 0 Å². The Balaban J connectivity index is 1.48. The Labute approximate surface area is 193 Å². The van der Waals surface area contributed by atoms with E-state index in [0.717, 1.165) is 5.92 Å². The number of rotatable bonds is 6. The lowest BCUT2D eigenvalue weighted by Gasteiger charge is -2.27. The number of hydrogen-bond acceptors (Lipinski definition) is 1. The molecule has 1 aliphatic rings. The highest BCUT2D eigenvalue weighted by atomic mass is 14.9. The highest BCUT2D eigenvalue weighted by Gasteiger charge is 2.17. The Morgan fingerprint density at radius 2 is 1.25 bits per heavy atom. The molecule has 1 aliphatic carbocycles. The largest absolute Gasteiger partial charge is 0.382 e. The molecular formula is C31H35N. The lowest BCUT2D eigenvalue weighted by Crippen LogP contribution is -2.25. The molecule has 0 spiro atoms. The number of anilines is 1. The molecular weight excluding hydrogens is 386 g/mol. The number of benzene rings is 3. The molecule has 0 aromatic heterocycles. The molecule has 0 bridgehead atoms. The van der Waals surface area contributed by atoms with Gasteiger partial charge in [-0.05, 0) is 79.8 Å². The summed E-state index contributed by atoms with van der Waals surface area (Å²) in [5.74, 6) is 0.887. The van der Waals surface area contributed by atoms with Crippen molar-refractivity contribution in [1.29, 1.82) is 0 Å². The van der Waals surface area contributed by atoms with Crippen LogP contribution in [0.3, 0.4) is 0 Å². The molecule has 1 saturated carbocycles. The molecule has 3 aromatic carbocycles.